The van der Waals surface area contributed by atoms with Crippen molar-refractivity contribution in [1.29, 1.82) is 0 Å². The first-order chi connectivity index (χ1) is 12.8. The molecule has 0 amide bonds. The fourth-order valence-electron chi connectivity index (χ4n) is 3.05. The van der Waals surface area contributed by atoms with Gasteiger partial charge in [0, 0.05) is 6.61 Å². The van der Waals surface area contributed by atoms with Crippen molar-refractivity contribution in [2.24, 2.45) is 5.92 Å². The van der Waals surface area contributed by atoms with Crippen molar-refractivity contribution in [1.82, 2.24) is 0 Å². The summed E-state index contributed by atoms with van der Waals surface area (Å²) < 4.78 is 17.5. The quantitative estimate of drug-likeness (QED) is 0.731. The third-order valence-electron chi connectivity index (χ3n) is 4.40. The van der Waals surface area contributed by atoms with Crippen molar-refractivity contribution in [3.63, 3.8) is 0 Å². The maximum absolute atomic E-state index is 10.7. The van der Waals surface area contributed by atoms with Gasteiger partial charge < -0.3 is 19.3 Å². The summed E-state index contributed by atoms with van der Waals surface area (Å²) >= 11 is 0. The number of hydrogen-bond donors (Lipinski definition) is 1. The number of aliphatic hydroxyl groups excluding tert-OH is 1. The summed E-state index contributed by atoms with van der Waals surface area (Å²) in [6.07, 6.45) is 2.59. The Morgan fingerprint density at radius 2 is 1.69 bits per heavy atom. The Hall–Kier alpha value is -1.98. The summed E-state index contributed by atoms with van der Waals surface area (Å²) in [4.78, 5) is 0. The van der Waals surface area contributed by atoms with E-state index in [1.54, 1.807) is 0 Å². The van der Waals surface area contributed by atoms with E-state index in [1.165, 1.54) is 0 Å². The number of rotatable bonds is 8. The van der Waals surface area contributed by atoms with Crippen LogP contribution in [0.25, 0.3) is 0 Å². The van der Waals surface area contributed by atoms with Gasteiger partial charge in [0.05, 0.1) is 25.2 Å². The maximum Gasteiger partial charge on any atom is 0.167 e. The van der Waals surface area contributed by atoms with E-state index in [1.807, 2.05) is 79.7 Å². The predicted octanol–water partition coefficient (Wildman–Crippen LogP) is 3.87. The van der Waals surface area contributed by atoms with Crippen molar-refractivity contribution < 1.29 is 19.3 Å². The van der Waals surface area contributed by atoms with Gasteiger partial charge in [-0.15, -0.1) is 0 Å². The smallest absolute Gasteiger partial charge is 0.167 e. The summed E-state index contributed by atoms with van der Waals surface area (Å²) in [5.41, 5.74) is 1.99. The van der Waals surface area contributed by atoms with Gasteiger partial charge in [-0.1, -0.05) is 72.8 Å². The first-order valence-electron chi connectivity index (χ1n) is 9.08. The van der Waals surface area contributed by atoms with E-state index >= 15 is 0 Å². The van der Waals surface area contributed by atoms with Crippen molar-refractivity contribution in [3.05, 3.63) is 83.9 Å². The average molecular weight is 354 g/mol. The SMILES string of the molecule is CCO[C@H]1O[C@H](COCc2ccccc2)C=C[C@@H]1[C@H](O)c1ccccc1. The van der Waals surface area contributed by atoms with Crippen LogP contribution in [0.1, 0.15) is 24.2 Å². The van der Waals surface area contributed by atoms with Crippen LogP contribution in [0.4, 0.5) is 0 Å². The Balaban J connectivity index is 1.59. The van der Waals surface area contributed by atoms with Gasteiger partial charge in [-0.05, 0) is 18.1 Å². The molecule has 3 rings (SSSR count). The normalized spacial score (nSPS) is 23.7. The van der Waals surface area contributed by atoms with Crippen molar-refractivity contribution in [2.45, 2.75) is 32.0 Å². The first kappa shape index (κ1) is 18.8. The van der Waals surface area contributed by atoms with Crippen LogP contribution in [-0.2, 0) is 20.8 Å². The molecular formula is C22H26O4. The highest BCUT2D eigenvalue weighted by Gasteiger charge is 2.33. The molecule has 1 heterocycles. The Bertz CT molecular complexity index is 671. The van der Waals surface area contributed by atoms with Crippen LogP contribution in [0.2, 0.25) is 0 Å². The van der Waals surface area contributed by atoms with Gasteiger partial charge in [0.1, 0.15) is 6.10 Å². The van der Waals surface area contributed by atoms with Crippen LogP contribution in [0.5, 0.6) is 0 Å². The Morgan fingerprint density at radius 1 is 1.00 bits per heavy atom. The molecule has 1 aliphatic rings. The molecule has 0 saturated heterocycles. The molecule has 0 aromatic heterocycles. The second-order valence-corrected chi connectivity index (χ2v) is 6.32. The molecule has 4 atom stereocenters. The lowest BCUT2D eigenvalue weighted by molar-refractivity contribution is -0.208. The van der Waals surface area contributed by atoms with Crippen LogP contribution in [0.15, 0.2) is 72.8 Å². The summed E-state index contributed by atoms with van der Waals surface area (Å²) in [6, 6.07) is 19.6. The molecule has 2 aromatic rings. The predicted molar refractivity (Wildman–Crippen MR) is 100 cm³/mol. The summed E-state index contributed by atoms with van der Waals surface area (Å²) in [6.45, 7) is 3.44. The lowest BCUT2D eigenvalue weighted by Gasteiger charge is -2.34. The molecule has 2 aromatic carbocycles. The summed E-state index contributed by atoms with van der Waals surface area (Å²) in [7, 11) is 0. The van der Waals surface area contributed by atoms with Gasteiger partial charge in [0.25, 0.3) is 0 Å². The molecule has 0 aliphatic carbocycles. The summed E-state index contributed by atoms with van der Waals surface area (Å²) in [5, 5.41) is 10.7. The van der Waals surface area contributed by atoms with Gasteiger partial charge in [0.2, 0.25) is 0 Å². The highest BCUT2D eigenvalue weighted by Crippen LogP contribution is 2.31. The summed E-state index contributed by atoms with van der Waals surface area (Å²) in [5.74, 6) is -0.247. The molecule has 0 fully saturated rings. The fraction of sp³-hybridized carbons (Fsp3) is 0.364. The number of aliphatic hydroxyl groups is 1. The zero-order valence-electron chi connectivity index (χ0n) is 15.0. The third kappa shape index (κ3) is 5.02. The van der Waals surface area contributed by atoms with Crippen molar-refractivity contribution in [2.75, 3.05) is 13.2 Å². The van der Waals surface area contributed by atoms with E-state index in [0.29, 0.717) is 19.8 Å². The molecular weight excluding hydrogens is 328 g/mol. The van der Waals surface area contributed by atoms with E-state index < -0.39 is 12.4 Å². The van der Waals surface area contributed by atoms with E-state index in [-0.39, 0.29) is 12.0 Å². The standard InChI is InChI=1S/C22H26O4/c1-2-25-22-20(21(23)18-11-7-4-8-12-18)14-13-19(26-22)16-24-15-17-9-5-3-6-10-17/h3-14,19-23H,2,15-16H2,1H3/t19-,20+,21+,22-/m0/s1. The lowest BCUT2D eigenvalue weighted by atomic mass is 9.92. The zero-order valence-corrected chi connectivity index (χ0v) is 15.0. The molecule has 138 valence electrons. The molecule has 0 spiro atoms. The Kier molecular flexibility index (Phi) is 6.97. The van der Waals surface area contributed by atoms with Crippen LogP contribution < -0.4 is 0 Å². The lowest BCUT2D eigenvalue weighted by Crippen LogP contribution is -2.38. The van der Waals surface area contributed by atoms with Gasteiger partial charge in [-0.2, -0.15) is 0 Å². The molecule has 1 aliphatic heterocycles. The molecule has 0 saturated carbocycles. The topological polar surface area (TPSA) is 47.9 Å². The molecule has 26 heavy (non-hydrogen) atoms. The van der Waals surface area contributed by atoms with Crippen LogP contribution in [0, 0.1) is 5.92 Å². The van der Waals surface area contributed by atoms with Gasteiger partial charge in [-0.3, -0.25) is 0 Å². The minimum absolute atomic E-state index is 0.186. The van der Waals surface area contributed by atoms with Gasteiger partial charge in [-0.25, -0.2) is 0 Å². The second kappa shape index (κ2) is 9.64. The van der Waals surface area contributed by atoms with Crippen molar-refractivity contribution in [3.8, 4) is 0 Å². The van der Waals surface area contributed by atoms with E-state index in [2.05, 4.69) is 0 Å². The Labute approximate surface area is 155 Å². The second-order valence-electron chi connectivity index (χ2n) is 6.32. The first-order valence-corrected chi connectivity index (χ1v) is 9.08. The molecule has 0 unspecified atom stereocenters. The fourth-order valence-corrected chi connectivity index (χ4v) is 3.05. The zero-order chi connectivity index (χ0) is 18.2. The third-order valence-corrected chi connectivity index (χ3v) is 4.40. The monoisotopic (exact) mass is 354 g/mol. The van der Waals surface area contributed by atoms with Gasteiger partial charge >= 0.3 is 0 Å². The van der Waals surface area contributed by atoms with Crippen LogP contribution in [-0.4, -0.2) is 30.7 Å². The molecule has 4 heteroatoms. The van der Waals surface area contributed by atoms with Crippen LogP contribution >= 0.6 is 0 Å². The van der Waals surface area contributed by atoms with Crippen molar-refractivity contribution >= 4 is 0 Å². The maximum atomic E-state index is 10.7. The highest BCUT2D eigenvalue weighted by atomic mass is 16.7. The average Bonchev–Trinajstić information content (AvgIpc) is 2.69. The van der Waals surface area contributed by atoms with E-state index in [0.717, 1.165) is 11.1 Å². The van der Waals surface area contributed by atoms with Crippen LogP contribution in [0.3, 0.4) is 0 Å². The number of ether oxygens (including phenoxy) is 3. The highest BCUT2D eigenvalue weighted by molar-refractivity contribution is 5.20. The number of benzene rings is 2. The minimum atomic E-state index is -0.671. The molecule has 1 N–H and O–H groups in total. The molecule has 0 radical (unpaired) electrons. The van der Waals surface area contributed by atoms with E-state index in [9.17, 15) is 5.11 Å². The molecule has 0 bridgehead atoms. The Morgan fingerprint density at radius 3 is 2.38 bits per heavy atom. The largest absolute Gasteiger partial charge is 0.388 e. The van der Waals surface area contributed by atoms with E-state index in [4.69, 9.17) is 14.2 Å². The van der Waals surface area contributed by atoms with Gasteiger partial charge in [0.15, 0.2) is 6.29 Å². The minimum Gasteiger partial charge on any atom is -0.388 e. The molecule has 4 nitrogen and oxygen atoms in total. The number of hydrogen-bond acceptors (Lipinski definition) is 4.